The Bertz CT molecular complexity index is 1000. The van der Waals surface area contributed by atoms with Gasteiger partial charge in [-0.1, -0.05) is 27.7 Å². The first-order valence-electron chi connectivity index (χ1n) is 12.1. The number of nitrogens with zero attached hydrogens (tertiary/aromatic N) is 3. The number of allylic oxidation sites excluding steroid dienone is 2. The number of hydrogen-bond donors (Lipinski definition) is 2. The normalized spacial score (nSPS) is 14.6. The maximum Gasteiger partial charge on any atom is 0.222 e. The van der Waals surface area contributed by atoms with Crippen LogP contribution in [0, 0.1) is 23.1 Å². The lowest BCUT2D eigenvalue weighted by Crippen LogP contribution is -2.47. The lowest BCUT2D eigenvalue weighted by Gasteiger charge is -2.32. The van der Waals surface area contributed by atoms with Gasteiger partial charge in [-0.05, 0) is 66.8 Å². The Kier molecular flexibility index (Phi) is 11.0. The molecule has 1 aromatic heterocycles. The molecule has 1 saturated heterocycles. The number of amides is 1. The van der Waals surface area contributed by atoms with E-state index in [1.54, 1.807) is 18.2 Å². The van der Waals surface area contributed by atoms with E-state index in [9.17, 15) is 14.0 Å². The summed E-state index contributed by atoms with van der Waals surface area (Å²) in [4.78, 5) is 33.8. The number of halogens is 1. The molecule has 1 aromatic carbocycles. The van der Waals surface area contributed by atoms with Crippen LogP contribution < -0.4 is 0 Å². The molecule has 0 bridgehead atoms. The topological polar surface area (TPSA) is 93.1 Å². The summed E-state index contributed by atoms with van der Waals surface area (Å²) in [6.07, 6.45) is 5.58. The van der Waals surface area contributed by atoms with E-state index >= 15 is 0 Å². The van der Waals surface area contributed by atoms with E-state index in [-0.39, 0.29) is 17.4 Å². The van der Waals surface area contributed by atoms with Gasteiger partial charge in [-0.3, -0.25) is 9.59 Å². The van der Waals surface area contributed by atoms with Crippen molar-refractivity contribution >= 4 is 23.5 Å². The third-order valence-electron chi connectivity index (χ3n) is 5.86. The fourth-order valence-electron chi connectivity index (χ4n) is 3.54. The smallest absolute Gasteiger partial charge is 0.222 e. The van der Waals surface area contributed by atoms with Crippen LogP contribution in [0.3, 0.4) is 0 Å². The third kappa shape index (κ3) is 9.20. The highest BCUT2D eigenvalue weighted by atomic mass is 19.1. The minimum Gasteiger partial charge on any atom is -0.340 e. The van der Waals surface area contributed by atoms with E-state index in [4.69, 9.17) is 5.41 Å². The Morgan fingerprint density at radius 3 is 2.29 bits per heavy atom. The van der Waals surface area contributed by atoms with Gasteiger partial charge in [-0.2, -0.15) is 0 Å². The molecule has 2 heterocycles. The number of aldehydes is 1. The first kappa shape index (κ1) is 28.1. The van der Waals surface area contributed by atoms with Gasteiger partial charge in [-0.25, -0.2) is 9.37 Å². The summed E-state index contributed by atoms with van der Waals surface area (Å²) in [6.45, 7) is 12.1. The van der Waals surface area contributed by atoms with Gasteiger partial charge in [0.25, 0.3) is 0 Å². The van der Waals surface area contributed by atoms with Crippen molar-refractivity contribution in [1.82, 2.24) is 19.8 Å². The molecular weight excluding hydrogens is 445 g/mol. The zero-order valence-electron chi connectivity index (χ0n) is 21.5. The second kappa shape index (κ2) is 13.7. The summed E-state index contributed by atoms with van der Waals surface area (Å²) in [5, 5.41) is 8.11. The standard InChI is InChI=1S/C16H16FN3O.C11H22N2O/c1-10(2)14(16-19-8-13(9-21)20-16)7-15(18)11-3-5-12(17)6-4-11;1-10(2)4-5-11(14)13-8-6-12(3)7-9-13/h3-10,18H,1-2H3,(H,19,20);10H,4-9H2,1-3H3/b14-7-,18-15?;. The Labute approximate surface area is 207 Å². The third-order valence-corrected chi connectivity index (χ3v) is 5.86. The molecule has 2 N–H and O–H groups in total. The maximum absolute atomic E-state index is 12.9. The van der Waals surface area contributed by atoms with Gasteiger partial charge < -0.3 is 20.2 Å². The van der Waals surface area contributed by atoms with Crippen molar-refractivity contribution in [1.29, 1.82) is 5.41 Å². The van der Waals surface area contributed by atoms with Crippen molar-refractivity contribution in [3.63, 3.8) is 0 Å². The van der Waals surface area contributed by atoms with Gasteiger partial charge in [0.2, 0.25) is 5.91 Å². The Morgan fingerprint density at radius 2 is 1.77 bits per heavy atom. The van der Waals surface area contributed by atoms with Crippen LogP contribution in [-0.2, 0) is 4.79 Å². The van der Waals surface area contributed by atoms with E-state index in [1.807, 2.05) is 18.7 Å². The molecule has 7 nitrogen and oxygen atoms in total. The second-order valence-corrected chi connectivity index (χ2v) is 9.60. The quantitative estimate of drug-likeness (QED) is 0.422. The average molecular weight is 484 g/mol. The molecule has 0 radical (unpaired) electrons. The summed E-state index contributed by atoms with van der Waals surface area (Å²) >= 11 is 0. The van der Waals surface area contributed by atoms with Crippen molar-refractivity contribution in [3.8, 4) is 0 Å². The summed E-state index contributed by atoms with van der Waals surface area (Å²) in [6, 6.07) is 5.77. The lowest BCUT2D eigenvalue weighted by molar-refractivity contribution is -0.133. The molecule has 1 fully saturated rings. The van der Waals surface area contributed by atoms with E-state index in [0.29, 0.717) is 35.2 Å². The van der Waals surface area contributed by atoms with Crippen LogP contribution in [0.2, 0.25) is 0 Å². The van der Waals surface area contributed by atoms with Crippen LogP contribution >= 0.6 is 0 Å². The molecule has 0 unspecified atom stereocenters. The predicted octanol–water partition coefficient (Wildman–Crippen LogP) is 4.67. The first-order valence-corrected chi connectivity index (χ1v) is 12.1. The number of aromatic nitrogens is 2. The van der Waals surface area contributed by atoms with Crippen LogP contribution in [0.5, 0.6) is 0 Å². The highest BCUT2D eigenvalue weighted by Crippen LogP contribution is 2.21. The van der Waals surface area contributed by atoms with Gasteiger partial charge in [0.1, 0.15) is 11.6 Å². The van der Waals surface area contributed by atoms with Crippen LogP contribution in [0.15, 0.2) is 36.5 Å². The Morgan fingerprint density at radius 1 is 1.14 bits per heavy atom. The first-order chi connectivity index (χ1) is 16.6. The number of aromatic amines is 1. The molecule has 0 saturated carbocycles. The molecule has 3 rings (SSSR count). The molecule has 0 atom stereocenters. The van der Waals surface area contributed by atoms with Crippen LogP contribution in [0.1, 0.15) is 62.4 Å². The van der Waals surface area contributed by atoms with Gasteiger partial charge >= 0.3 is 0 Å². The molecule has 190 valence electrons. The largest absolute Gasteiger partial charge is 0.340 e. The summed E-state index contributed by atoms with van der Waals surface area (Å²) in [5.74, 6) is 1.33. The van der Waals surface area contributed by atoms with Crippen LogP contribution in [-0.4, -0.2) is 70.9 Å². The number of rotatable bonds is 8. The Balaban J connectivity index is 0.000000269. The average Bonchev–Trinajstić information content (AvgIpc) is 3.31. The minimum absolute atomic E-state index is 0.122. The van der Waals surface area contributed by atoms with E-state index in [2.05, 4.69) is 35.8 Å². The summed E-state index contributed by atoms with van der Waals surface area (Å²) in [7, 11) is 2.11. The highest BCUT2D eigenvalue weighted by Gasteiger charge is 2.18. The number of carbonyl (C=O) groups excluding carboxylic acids is 2. The number of hydrogen-bond acceptors (Lipinski definition) is 5. The van der Waals surface area contributed by atoms with Gasteiger partial charge in [0.15, 0.2) is 6.29 Å². The summed E-state index contributed by atoms with van der Waals surface area (Å²) in [5.41, 5.74) is 2.10. The lowest BCUT2D eigenvalue weighted by atomic mass is 9.98. The molecule has 1 aliphatic heterocycles. The van der Waals surface area contributed by atoms with Crippen molar-refractivity contribution in [3.05, 3.63) is 59.4 Å². The number of piperazine rings is 1. The molecule has 0 spiro atoms. The molecule has 8 heteroatoms. The number of carbonyl (C=O) groups is 2. The monoisotopic (exact) mass is 483 g/mol. The van der Waals surface area contributed by atoms with Gasteiger partial charge in [0, 0.05) is 32.6 Å². The van der Waals surface area contributed by atoms with Gasteiger partial charge in [-0.15, -0.1) is 0 Å². The fourth-order valence-corrected chi connectivity index (χ4v) is 3.54. The zero-order valence-corrected chi connectivity index (χ0v) is 21.5. The van der Waals surface area contributed by atoms with E-state index in [1.165, 1.54) is 18.3 Å². The predicted molar refractivity (Wildman–Crippen MR) is 138 cm³/mol. The highest BCUT2D eigenvalue weighted by molar-refractivity contribution is 6.10. The maximum atomic E-state index is 12.9. The van der Waals surface area contributed by atoms with Gasteiger partial charge in [0.05, 0.1) is 17.6 Å². The van der Waals surface area contributed by atoms with Crippen molar-refractivity contribution in [2.24, 2.45) is 11.8 Å². The fraction of sp³-hybridized carbons (Fsp3) is 0.481. The summed E-state index contributed by atoms with van der Waals surface area (Å²) < 4.78 is 12.9. The van der Waals surface area contributed by atoms with Crippen molar-refractivity contribution in [2.45, 2.75) is 40.5 Å². The zero-order chi connectivity index (χ0) is 26.0. The molecule has 2 aromatic rings. The molecule has 1 aliphatic rings. The number of imidazole rings is 1. The number of nitrogens with one attached hydrogen (secondary N) is 2. The molecular formula is C27H38FN5O2. The minimum atomic E-state index is -0.332. The van der Waals surface area contributed by atoms with E-state index < -0.39 is 0 Å². The number of benzene rings is 1. The molecule has 35 heavy (non-hydrogen) atoms. The second-order valence-electron chi connectivity index (χ2n) is 9.60. The molecule has 0 aliphatic carbocycles. The van der Waals surface area contributed by atoms with E-state index in [0.717, 1.165) is 44.6 Å². The van der Waals surface area contributed by atoms with Crippen molar-refractivity contribution in [2.75, 3.05) is 33.2 Å². The Hall–Kier alpha value is -3.13. The van der Waals surface area contributed by atoms with Crippen LogP contribution in [0.4, 0.5) is 4.39 Å². The number of H-pyrrole nitrogens is 1. The SMILES string of the molecule is CC(C)/C(=C/C(=N)c1ccc(F)cc1)c1ncc(C=O)[nH]1.CC(C)CCC(=O)N1CCN(C)CC1. The van der Waals surface area contributed by atoms with Crippen LogP contribution in [0.25, 0.3) is 5.57 Å². The number of likely N-dealkylation sites (N-methyl/N-ethyl adjacent to an activating group) is 1. The molecule has 1 amide bonds. The van der Waals surface area contributed by atoms with Crippen molar-refractivity contribution < 1.29 is 14.0 Å².